The molecule has 2 heterocycles. The predicted molar refractivity (Wildman–Crippen MR) is 92.9 cm³/mol. The highest BCUT2D eigenvalue weighted by Gasteiger charge is 2.16. The predicted octanol–water partition coefficient (Wildman–Crippen LogP) is 3.56. The molecule has 0 aliphatic heterocycles. The summed E-state index contributed by atoms with van der Waals surface area (Å²) in [5, 5.41) is 1.71. The van der Waals surface area contributed by atoms with Crippen molar-refractivity contribution in [2.45, 2.75) is 13.1 Å². The van der Waals surface area contributed by atoms with Crippen LogP contribution < -0.4 is 0 Å². The van der Waals surface area contributed by atoms with E-state index < -0.39 is 0 Å². The van der Waals surface area contributed by atoms with Gasteiger partial charge in [-0.2, -0.15) is 0 Å². The second-order valence-electron chi connectivity index (χ2n) is 5.53. The highest BCUT2D eigenvalue weighted by Crippen LogP contribution is 2.20. The lowest BCUT2D eigenvalue weighted by atomic mass is 10.2. The van der Waals surface area contributed by atoms with Crippen LogP contribution >= 0.6 is 11.6 Å². The first-order valence-corrected chi connectivity index (χ1v) is 8.08. The summed E-state index contributed by atoms with van der Waals surface area (Å²) in [4.78, 5) is 14.5. The Labute approximate surface area is 145 Å². The first kappa shape index (κ1) is 16.6. The van der Waals surface area contributed by atoms with Crippen LogP contribution in [0, 0.1) is 0 Å². The summed E-state index contributed by atoms with van der Waals surface area (Å²) < 4.78 is 12.4. The highest BCUT2D eigenvalue weighted by molar-refractivity contribution is 6.31. The number of benzene rings is 1. The van der Waals surface area contributed by atoms with Gasteiger partial charge in [-0.05, 0) is 35.7 Å². The molecule has 3 rings (SSSR count). The molecular formula is C18H19ClN2O3. The lowest BCUT2D eigenvalue weighted by Gasteiger charge is -2.22. The number of furan rings is 1. The fourth-order valence-corrected chi connectivity index (χ4v) is 2.79. The van der Waals surface area contributed by atoms with E-state index in [1.807, 2.05) is 47.2 Å². The van der Waals surface area contributed by atoms with Gasteiger partial charge in [-0.25, -0.2) is 0 Å². The zero-order valence-electron chi connectivity index (χ0n) is 13.4. The van der Waals surface area contributed by atoms with Crippen molar-refractivity contribution in [2.75, 3.05) is 20.3 Å². The Morgan fingerprint density at radius 1 is 1.33 bits per heavy atom. The Balaban J connectivity index is 1.77. The fraction of sp³-hybridized carbons (Fsp3) is 0.278. The average molecular weight is 347 g/mol. The molecule has 0 atom stereocenters. The Kier molecular flexibility index (Phi) is 5.23. The molecule has 0 saturated carbocycles. The van der Waals surface area contributed by atoms with Crippen molar-refractivity contribution >= 4 is 28.4 Å². The van der Waals surface area contributed by atoms with Crippen molar-refractivity contribution in [3.05, 3.63) is 59.6 Å². The molecule has 1 aromatic carbocycles. The van der Waals surface area contributed by atoms with Gasteiger partial charge < -0.3 is 18.6 Å². The zero-order valence-corrected chi connectivity index (χ0v) is 14.2. The molecule has 2 aromatic heterocycles. The first-order valence-electron chi connectivity index (χ1n) is 7.71. The van der Waals surface area contributed by atoms with E-state index in [1.54, 1.807) is 18.3 Å². The van der Waals surface area contributed by atoms with Gasteiger partial charge in [0.25, 0.3) is 0 Å². The molecule has 126 valence electrons. The summed E-state index contributed by atoms with van der Waals surface area (Å²) in [7, 11) is 1.62. The zero-order chi connectivity index (χ0) is 16.9. The number of methoxy groups -OCH3 is 1. The van der Waals surface area contributed by atoms with Crippen molar-refractivity contribution < 1.29 is 13.9 Å². The van der Waals surface area contributed by atoms with Crippen LogP contribution in [0.2, 0.25) is 5.02 Å². The molecule has 0 aliphatic rings. The van der Waals surface area contributed by atoms with Crippen molar-refractivity contribution in [1.29, 1.82) is 0 Å². The minimum Gasteiger partial charge on any atom is -0.467 e. The SMILES string of the molecule is COCCN(Cc1ccco1)C(=O)Cn1ccc2ccc(Cl)cc21. The highest BCUT2D eigenvalue weighted by atomic mass is 35.5. The van der Waals surface area contributed by atoms with Crippen LogP contribution in [0.25, 0.3) is 10.9 Å². The number of hydrogen-bond acceptors (Lipinski definition) is 3. The van der Waals surface area contributed by atoms with Gasteiger partial charge in [0.1, 0.15) is 12.3 Å². The summed E-state index contributed by atoms with van der Waals surface area (Å²) in [6.45, 7) is 1.66. The third-order valence-corrected chi connectivity index (χ3v) is 4.12. The van der Waals surface area contributed by atoms with E-state index >= 15 is 0 Å². The molecule has 6 heteroatoms. The number of carbonyl (C=O) groups excluding carboxylic acids is 1. The minimum absolute atomic E-state index is 0.000857. The fourth-order valence-electron chi connectivity index (χ4n) is 2.62. The van der Waals surface area contributed by atoms with E-state index in [9.17, 15) is 4.79 Å². The Morgan fingerprint density at radius 3 is 2.96 bits per heavy atom. The number of nitrogens with zero attached hydrogens (tertiary/aromatic N) is 2. The Bertz CT molecular complexity index is 811. The second-order valence-corrected chi connectivity index (χ2v) is 5.97. The maximum atomic E-state index is 12.7. The molecule has 0 saturated heterocycles. The third kappa shape index (κ3) is 3.80. The summed E-state index contributed by atoms with van der Waals surface area (Å²) in [6, 6.07) is 11.3. The van der Waals surface area contributed by atoms with E-state index in [0.29, 0.717) is 24.7 Å². The molecule has 0 radical (unpaired) electrons. The van der Waals surface area contributed by atoms with Gasteiger partial charge in [0.2, 0.25) is 5.91 Å². The lowest BCUT2D eigenvalue weighted by molar-refractivity contribution is -0.133. The quantitative estimate of drug-likeness (QED) is 0.657. The van der Waals surface area contributed by atoms with Gasteiger partial charge in [-0.15, -0.1) is 0 Å². The number of hydrogen-bond donors (Lipinski definition) is 0. The number of carbonyl (C=O) groups is 1. The van der Waals surface area contributed by atoms with Gasteiger partial charge in [0.05, 0.1) is 19.4 Å². The Hall–Kier alpha value is -2.24. The van der Waals surface area contributed by atoms with Crippen LogP contribution in [0.3, 0.4) is 0 Å². The summed E-state index contributed by atoms with van der Waals surface area (Å²) in [5.41, 5.74) is 0.945. The molecule has 24 heavy (non-hydrogen) atoms. The summed E-state index contributed by atoms with van der Waals surface area (Å²) >= 11 is 6.07. The Morgan fingerprint density at radius 2 is 2.21 bits per heavy atom. The molecule has 0 bridgehead atoms. The monoisotopic (exact) mass is 346 g/mol. The standard InChI is InChI=1S/C18H19ClN2O3/c1-23-10-8-21(12-16-3-2-9-24-16)18(22)13-20-7-6-14-4-5-15(19)11-17(14)20/h2-7,9,11H,8,10,12-13H2,1H3. The van der Waals surface area contributed by atoms with Crippen LogP contribution in [-0.4, -0.2) is 35.6 Å². The maximum absolute atomic E-state index is 12.7. The largest absolute Gasteiger partial charge is 0.467 e. The van der Waals surface area contributed by atoms with E-state index in [4.69, 9.17) is 20.8 Å². The number of rotatable bonds is 7. The molecule has 0 aliphatic carbocycles. The van der Waals surface area contributed by atoms with Crippen LogP contribution in [-0.2, 0) is 22.6 Å². The number of amides is 1. The van der Waals surface area contributed by atoms with Crippen molar-refractivity contribution in [3.8, 4) is 0 Å². The van der Waals surface area contributed by atoms with Crippen LogP contribution in [0.5, 0.6) is 0 Å². The number of fused-ring (bicyclic) bond motifs is 1. The third-order valence-electron chi connectivity index (χ3n) is 3.89. The molecule has 0 spiro atoms. The molecule has 0 fully saturated rings. The molecule has 3 aromatic rings. The van der Waals surface area contributed by atoms with Gasteiger partial charge in [0, 0.05) is 30.4 Å². The summed E-state index contributed by atoms with van der Waals surface area (Å²) in [6.07, 6.45) is 3.51. The van der Waals surface area contributed by atoms with E-state index in [0.717, 1.165) is 16.7 Å². The molecule has 0 N–H and O–H groups in total. The van der Waals surface area contributed by atoms with Gasteiger partial charge in [0.15, 0.2) is 0 Å². The van der Waals surface area contributed by atoms with E-state index in [1.165, 1.54) is 0 Å². The molecular weight excluding hydrogens is 328 g/mol. The van der Waals surface area contributed by atoms with Gasteiger partial charge >= 0.3 is 0 Å². The molecule has 0 unspecified atom stereocenters. The van der Waals surface area contributed by atoms with Crippen molar-refractivity contribution in [3.63, 3.8) is 0 Å². The molecule has 1 amide bonds. The van der Waals surface area contributed by atoms with Gasteiger partial charge in [-0.1, -0.05) is 17.7 Å². The number of ether oxygens (including phenoxy) is 1. The summed E-state index contributed by atoms with van der Waals surface area (Å²) in [5.74, 6) is 0.751. The van der Waals surface area contributed by atoms with Crippen LogP contribution in [0.15, 0.2) is 53.3 Å². The second kappa shape index (κ2) is 7.55. The van der Waals surface area contributed by atoms with Crippen LogP contribution in [0.1, 0.15) is 5.76 Å². The topological polar surface area (TPSA) is 47.6 Å². The maximum Gasteiger partial charge on any atom is 0.242 e. The minimum atomic E-state index is 0.000857. The lowest BCUT2D eigenvalue weighted by Crippen LogP contribution is -2.35. The first-order chi connectivity index (χ1) is 11.7. The number of halogens is 1. The van der Waals surface area contributed by atoms with Crippen molar-refractivity contribution in [1.82, 2.24) is 9.47 Å². The van der Waals surface area contributed by atoms with E-state index in [-0.39, 0.29) is 12.5 Å². The average Bonchev–Trinajstić information content (AvgIpc) is 3.21. The van der Waals surface area contributed by atoms with Gasteiger partial charge in [-0.3, -0.25) is 4.79 Å². The molecule has 5 nitrogen and oxygen atoms in total. The normalized spacial score (nSPS) is 11.1. The van der Waals surface area contributed by atoms with E-state index in [2.05, 4.69) is 0 Å². The van der Waals surface area contributed by atoms with Crippen LogP contribution in [0.4, 0.5) is 0 Å². The number of aromatic nitrogens is 1. The smallest absolute Gasteiger partial charge is 0.242 e. The van der Waals surface area contributed by atoms with Crippen molar-refractivity contribution in [2.24, 2.45) is 0 Å².